The van der Waals surface area contributed by atoms with Gasteiger partial charge in [0.25, 0.3) is 0 Å². The Labute approximate surface area is 144 Å². The summed E-state index contributed by atoms with van der Waals surface area (Å²) in [5.74, 6) is -0.506. The zero-order chi connectivity index (χ0) is 17.5. The Morgan fingerprint density at radius 3 is 2.54 bits per heavy atom. The molecule has 0 saturated carbocycles. The largest absolute Gasteiger partial charge is 0.338 e. The van der Waals surface area contributed by atoms with E-state index in [1.165, 1.54) is 19.1 Å². The van der Waals surface area contributed by atoms with Crippen molar-refractivity contribution in [2.45, 2.75) is 13.3 Å². The van der Waals surface area contributed by atoms with Gasteiger partial charge >= 0.3 is 6.03 Å². The van der Waals surface area contributed by atoms with Crippen LogP contribution in [0.3, 0.4) is 0 Å². The van der Waals surface area contributed by atoms with Gasteiger partial charge in [-0.15, -0.1) is 0 Å². The molecule has 0 atom stereocenters. The Morgan fingerprint density at radius 1 is 1.12 bits per heavy atom. The number of rotatable bonds is 5. The number of halogens is 2. The maximum atomic E-state index is 13.5. The molecule has 2 aromatic carbocycles. The molecule has 24 heavy (non-hydrogen) atoms. The highest BCUT2D eigenvalue weighted by atomic mass is 35.5. The number of anilines is 2. The molecule has 0 radical (unpaired) electrons. The van der Waals surface area contributed by atoms with Crippen molar-refractivity contribution < 1.29 is 14.0 Å². The Bertz CT molecular complexity index is 752. The lowest BCUT2D eigenvalue weighted by atomic mass is 10.1. The molecule has 2 aromatic rings. The molecule has 3 N–H and O–H groups in total. The Hall–Kier alpha value is -2.60. The zero-order valence-electron chi connectivity index (χ0n) is 13.0. The van der Waals surface area contributed by atoms with Crippen LogP contribution < -0.4 is 16.0 Å². The van der Waals surface area contributed by atoms with Crippen molar-refractivity contribution in [1.82, 2.24) is 5.32 Å². The van der Waals surface area contributed by atoms with E-state index in [9.17, 15) is 14.0 Å². The van der Waals surface area contributed by atoms with Gasteiger partial charge in [0.05, 0.1) is 10.7 Å². The van der Waals surface area contributed by atoms with Crippen molar-refractivity contribution >= 4 is 34.9 Å². The number of hydrogen-bond acceptors (Lipinski definition) is 2. The Morgan fingerprint density at radius 2 is 1.88 bits per heavy atom. The molecule has 0 fully saturated rings. The summed E-state index contributed by atoms with van der Waals surface area (Å²) in [6.45, 7) is 1.68. The summed E-state index contributed by atoms with van der Waals surface area (Å²) >= 11 is 6.06. The third-order valence-electron chi connectivity index (χ3n) is 3.18. The van der Waals surface area contributed by atoms with E-state index in [1.54, 1.807) is 30.3 Å². The van der Waals surface area contributed by atoms with Crippen molar-refractivity contribution in [3.63, 3.8) is 0 Å². The minimum atomic E-state index is -0.444. The molecule has 2 rings (SSSR count). The van der Waals surface area contributed by atoms with E-state index in [4.69, 9.17) is 11.6 Å². The molecule has 5 nitrogen and oxygen atoms in total. The van der Waals surface area contributed by atoms with E-state index in [1.807, 2.05) is 0 Å². The number of nitrogens with one attached hydrogen (secondary N) is 3. The summed E-state index contributed by atoms with van der Waals surface area (Å²) in [5, 5.41) is 8.13. The number of amides is 3. The molecule has 3 amide bonds. The fourth-order valence-electron chi connectivity index (χ4n) is 2.08. The lowest BCUT2D eigenvalue weighted by molar-refractivity contribution is -0.114. The summed E-state index contributed by atoms with van der Waals surface area (Å²) in [6, 6.07) is 10.7. The van der Waals surface area contributed by atoms with Gasteiger partial charge in [0.15, 0.2) is 0 Å². The highest BCUT2D eigenvalue weighted by Gasteiger charge is 2.07. The van der Waals surface area contributed by atoms with Crippen LogP contribution in [0.25, 0.3) is 0 Å². The van der Waals surface area contributed by atoms with Crippen LogP contribution in [-0.2, 0) is 11.2 Å². The number of carbonyl (C=O) groups excluding carboxylic acids is 2. The first-order valence-electron chi connectivity index (χ1n) is 7.31. The molecule has 0 saturated heterocycles. The van der Waals surface area contributed by atoms with E-state index in [-0.39, 0.29) is 18.3 Å². The fourth-order valence-corrected chi connectivity index (χ4v) is 2.30. The predicted octanol–water partition coefficient (Wildman–Crippen LogP) is 3.80. The van der Waals surface area contributed by atoms with Crippen LogP contribution in [0.2, 0.25) is 5.02 Å². The van der Waals surface area contributed by atoms with Crippen molar-refractivity contribution in [2.24, 2.45) is 0 Å². The second kappa shape index (κ2) is 8.31. The molecule has 0 aromatic heterocycles. The number of benzene rings is 2. The molecule has 0 bridgehead atoms. The van der Waals surface area contributed by atoms with Crippen LogP contribution in [0, 0.1) is 5.82 Å². The van der Waals surface area contributed by atoms with Crippen LogP contribution in [0.15, 0.2) is 42.5 Å². The normalized spacial score (nSPS) is 10.1. The van der Waals surface area contributed by atoms with Crippen molar-refractivity contribution in [3.8, 4) is 0 Å². The summed E-state index contributed by atoms with van der Waals surface area (Å²) in [7, 11) is 0. The van der Waals surface area contributed by atoms with Gasteiger partial charge in [-0.2, -0.15) is 0 Å². The lowest BCUT2D eigenvalue weighted by Crippen LogP contribution is -2.30. The molecular formula is C17H17ClFN3O2. The lowest BCUT2D eigenvalue weighted by Gasteiger charge is -2.11. The van der Waals surface area contributed by atoms with Gasteiger partial charge in [-0.1, -0.05) is 29.8 Å². The first kappa shape index (κ1) is 17.7. The molecule has 0 aliphatic rings. The first-order chi connectivity index (χ1) is 11.5. The van der Waals surface area contributed by atoms with E-state index < -0.39 is 6.03 Å². The Kier molecular flexibility index (Phi) is 6.14. The van der Waals surface area contributed by atoms with E-state index in [2.05, 4.69) is 16.0 Å². The summed E-state index contributed by atoms with van der Waals surface area (Å²) in [6.07, 6.45) is 0.384. The molecule has 0 spiro atoms. The predicted molar refractivity (Wildman–Crippen MR) is 92.9 cm³/mol. The SMILES string of the molecule is CC(=O)Nc1ccc(NC(=O)NCCc2ccccc2F)c(Cl)c1. The highest BCUT2D eigenvalue weighted by molar-refractivity contribution is 6.34. The maximum absolute atomic E-state index is 13.5. The average Bonchev–Trinajstić information content (AvgIpc) is 2.51. The molecule has 0 aliphatic heterocycles. The van der Waals surface area contributed by atoms with Crippen LogP contribution in [-0.4, -0.2) is 18.5 Å². The monoisotopic (exact) mass is 349 g/mol. The summed E-state index contributed by atoms with van der Waals surface area (Å²) in [4.78, 5) is 22.8. The fraction of sp³-hybridized carbons (Fsp3) is 0.176. The average molecular weight is 350 g/mol. The minimum Gasteiger partial charge on any atom is -0.338 e. The zero-order valence-corrected chi connectivity index (χ0v) is 13.8. The molecule has 0 aliphatic carbocycles. The summed E-state index contributed by atoms with van der Waals surface area (Å²) < 4.78 is 13.5. The van der Waals surface area contributed by atoms with Crippen LogP contribution in [0.1, 0.15) is 12.5 Å². The van der Waals surface area contributed by atoms with Crippen LogP contribution >= 0.6 is 11.6 Å². The summed E-state index contributed by atoms with van der Waals surface area (Å²) in [5.41, 5.74) is 1.49. The minimum absolute atomic E-state index is 0.210. The molecule has 7 heteroatoms. The van der Waals surface area contributed by atoms with E-state index >= 15 is 0 Å². The van der Waals surface area contributed by atoms with E-state index in [0.29, 0.717) is 28.4 Å². The van der Waals surface area contributed by atoms with Crippen molar-refractivity contribution in [3.05, 3.63) is 58.9 Å². The van der Waals surface area contributed by atoms with Gasteiger partial charge < -0.3 is 16.0 Å². The standard InChI is InChI=1S/C17H17ClFN3O2/c1-11(23)21-13-6-7-16(14(18)10-13)22-17(24)20-9-8-12-4-2-3-5-15(12)19/h2-7,10H,8-9H2,1H3,(H,21,23)(H2,20,22,24). The molecular weight excluding hydrogens is 333 g/mol. The molecule has 0 heterocycles. The number of hydrogen-bond donors (Lipinski definition) is 3. The third-order valence-corrected chi connectivity index (χ3v) is 3.49. The first-order valence-corrected chi connectivity index (χ1v) is 7.69. The van der Waals surface area contributed by atoms with Crippen molar-refractivity contribution in [1.29, 1.82) is 0 Å². The van der Waals surface area contributed by atoms with Crippen molar-refractivity contribution in [2.75, 3.05) is 17.2 Å². The third kappa shape index (κ3) is 5.24. The van der Waals surface area contributed by atoms with Gasteiger partial charge in [0.1, 0.15) is 5.82 Å². The molecule has 0 unspecified atom stereocenters. The molecule has 126 valence electrons. The van der Waals surface area contributed by atoms with Gasteiger partial charge in [-0.25, -0.2) is 9.18 Å². The topological polar surface area (TPSA) is 70.2 Å². The van der Waals surface area contributed by atoms with Crippen LogP contribution in [0.4, 0.5) is 20.6 Å². The van der Waals surface area contributed by atoms with Gasteiger partial charge in [-0.3, -0.25) is 4.79 Å². The quantitative estimate of drug-likeness (QED) is 0.768. The number of urea groups is 1. The Balaban J connectivity index is 1.86. The second-order valence-electron chi connectivity index (χ2n) is 5.10. The van der Waals surface area contributed by atoms with Crippen LogP contribution in [0.5, 0.6) is 0 Å². The smallest absolute Gasteiger partial charge is 0.319 e. The van der Waals surface area contributed by atoms with E-state index in [0.717, 1.165) is 0 Å². The number of carbonyl (C=O) groups is 2. The maximum Gasteiger partial charge on any atom is 0.319 e. The van der Waals surface area contributed by atoms with Gasteiger partial charge in [0, 0.05) is 19.2 Å². The second-order valence-corrected chi connectivity index (χ2v) is 5.51. The van der Waals surface area contributed by atoms with Gasteiger partial charge in [0.2, 0.25) is 5.91 Å². The van der Waals surface area contributed by atoms with Gasteiger partial charge in [-0.05, 0) is 36.2 Å². The highest BCUT2D eigenvalue weighted by Crippen LogP contribution is 2.25.